The largest absolute Gasteiger partial charge is 0.368 e. The Bertz CT molecular complexity index is 765. The van der Waals surface area contributed by atoms with Gasteiger partial charge in [0.05, 0.1) is 0 Å². The molecule has 1 heterocycles. The lowest BCUT2D eigenvalue weighted by Gasteiger charge is -2.36. The number of amides is 1. The Morgan fingerprint density at radius 2 is 1.61 bits per heavy atom. The minimum Gasteiger partial charge on any atom is -0.368 e. The number of carbonyl (C=O) groups excluding carboxylic acids is 1. The monoisotopic (exact) mass is 383 g/mol. The molecule has 150 valence electrons. The van der Waals surface area contributed by atoms with Crippen LogP contribution in [0.2, 0.25) is 0 Å². The number of hydrogen-bond acceptors (Lipinski definition) is 3. The van der Waals surface area contributed by atoms with Crippen LogP contribution in [-0.2, 0) is 6.54 Å². The van der Waals surface area contributed by atoms with Crippen LogP contribution in [0.15, 0.2) is 48.5 Å². The molecule has 0 aromatic heterocycles. The molecule has 0 saturated carbocycles. The van der Waals surface area contributed by atoms with Crippen molar-refractivity contribution in [1.82, 2.24) is 9.80 Å². The first-order valence-electron chi connectivity index (χ1n) is 10.1. The summed E-state index contributed by atoms with van der Waals surface area (Å²) in [4.78, 5) is 19.3. The third-order valence-electron chi connectivity index (χ3n) is 5.48. The van der Waals surface area contributed by atoms with Crippen molar-refractivity contribution >= 4 is 11.6 Å². The van der Waals surface area contributed by atoms with Gasteiger partial charge in [0.1, 0.15) is 5.82 Å². The van der Waals surface area contributed by atoms with Gasteiger partial charge in [0.25, 0.3) is 5.91 Å². The molecule has 1 aliphatic rings. The highest BCUT2D eigenvalue weighted by Crippen LogP contribution is 2.18. The molecule has 0 radical (unpaired) electrons. The van der Waals surface area contributed by atoms with E-state index in [1.165, 1.54) is 17.7 Å². The number of benzene rings is 2. The minimum atomic E-state index is -0.225. The predicted octanol–water partition coefficient (Wildman–Crippen LogP) is 4.02. The lowest BCUT2D eigenvalue weighted by atomic mass is 10.1. The van der Waals surface area contributed by atoms with Crippen LogP contribution in [0.25, 0.3) is 0 Å². The Balaban J connectivity index is 1.57. The van der Waals surface area contributed by atoms with Crippen LogP contribution in [0.3, 0.4) is 0 Å². The smallest absolute Gasteiger partial charge is 0.253 e. The summed E-state index contributed by atoms with van der Waals surface area (Å²) in [7, 11) is 0. The molecule has 1 saturated heterocycles. The van der Waals surface area contributed by atoms with E-state index in [4.69, 9.17) is 0 Å². The Hall–Kier alpha value is -2.40. The lowest BCUT2D eigenvalue weighted by Crippen LogP contribution is -2.48. The molecule has 1 aliphatic heterocycles. The first-order valence-corrected chi connectivity index (χ1v) is 10.1. The van der Waals surface area contributed by atoms with E-state index in [0.717, 1.165) is 37.4 Å². The van der Waals surface area contributed by atoms with E-state index in [1.54, 1.807) is 12.1 Å². The van der Waals surface area contributed by atoms with Gasteiger partial charge >= 0.3 is 0 Å². The number of halogens is 1. The molecule has 4 nitrogen and oxygen atoms in total. The summed E-state index contributed by atoms with van der Waals surface area (Å²) in [5.74, 6) is -0.141. The van der Waals surface area contributed by atoms with Crippen LogP contribution in [0.1, 0.15) is 36.7 Å². The molecule has 28 heavy (non-hydrogen) atoms. The summed E-state index contributed by atoms with van der Waals surface area (Å²) in [5, 5.41) is 0. The quantitative estimate of drug-likeness (QED) is 0.754. The van der Waals surface area contributed by atoms with Gasteiger partial charge in [-0.2, -0.15) is 0 Å². The molecular weight excluding hydrogens is 353 g/mol. The lowest BCUT2D eigenvalue weighted by molar-refractivity contribution is 0.0746. The van der Waals surface area contributed by atoms with Crippen molar-refractivity contribution in [3.05, 3.63) is 65.5 Å². The number of piperazine rings is 1. The molecule has 0 atom stereocenters. The SMILES string of the molecule is CCN(Cc1ccc(C(=O)N2CCN(c3ccc(F)cc3)CC2)cc1)C(C)C. The number of hydrogen-bond donors (Lipinski definition) is 0. The van der Waals surface area contributed by atoms with E-state index < -0.39 is 0 Å². The standard InChI is InChI=1S/C23H30FN3O/c1-4-25(18(2)3)17-19-5-7-20(8-6-19)23(28)27-15-13-26(14-16-27)22-11-9-21(24)10-12-22/h5-12,18H,4,13-17H2,1-3H3. The van der Waals surface area contributed by atoms with Gasteiger partial charge in [-0.25, -0.2) is 4.39 Å². The van der Waals surface area contributed by atoms with Crippen molar-refractivity contribution in [1.29, 1.82) is 0 Å². The first-order chi connectivity index (χ1) is 13.5. The summed E-state index contributed by atoms with van der Waals surface area (Å²) in [6.45, 7) is 11.4. The second-order valence-electron chi connectivity index (χ2n) is 7.61. The molecule has 0 unspecified atom stereocenters. The summed E-state index contributed by atoms with van der Waals surface area (Å²) in [6, 6.07) is 15.1. The van der Waals surface area contributed by atoms with E-state index in [2.05, 4.69) is 42.7 Å². The first kappa shape index (κ1) is 20.3. The highest BCUT2D eigenvalue weighted by molar-refractivity contribution is 5.94. The average molecular weight is 384 g/mol. The molecule has 2 aromatic rings. The molecule has 0 spiro atoms. The average Bonchev–Trinajstić information content (AvgIpc) is 2.72. The van der Waals surface area contributed by atoms with Gasteiger partial charge in [0, 0.05) is 50.0 Å². The highest BCUT2D eigenvalue weighted by Gasteiger charge is 2.22. The van der Waals surface area contributed by atoms with Crippen LogP contribution >= 0.6 is 0 Å². The zero-order chi connectivity index (χ0) is 20.1. The van der Waals surface area contributed by atoms with Gasteiger partial charge < -0.3 is 9.80 Å². The van der Waals surface area contributed by atoms with Crippen molar-refractivity contribution < 1.29 is 9.18 Å². The van der Waals surface area contributed by atoms with E-state index >= 15 is 0 Å². The molecule has 3 rings (SSSR count). The fourth-order valence-electron chi connectivity index (χ4n) is 3.65. The number of anilines is 1. The topological polar surface area (TPSA) is 26.8 Å². The number of carbonyl (C=O) groups is 1. The summed E-state index contributed by atoms with van der Waals surface area (Å²) >= 11 is 0. The van der Waals surface area contributed by atoms with Crippen molar-refractivity contribution in [2.45, 2.75) is 33.4 Å². The second-order valence-corrected chi connectivity index (χ2v) is 7.61. The van der Waals surface area contributed by atoms with Crippen LogP contribution in [0.4, 0.5) is 10.1 Å². The molecule has 1 amide bonds. The van der Waals surface area contributed by atoms with Crippen LogP contribution in [0.5, 0.6) is 0 Å². The maximum atomic E-state index is 13.1. The third kappa shape index (κ3) is 4.90. The second kappa shape index (κ2) is 9.20. The summed E-state index contributed by atoms with van der Waals surface area (Å²) < 4.78 is 13.1. The molecular formula is C23H30FN3O. The van der Waals surface area contributed by atoms with Crippen molar-refractivity contribution in [3.63, 3.8) is 0 Å². The van der Waals surface area contributed by atoms with Gasteiger partial charge in [0.15, 0.2) is 0 Å². The van der Waals surface area contributed by atoms with Crippen LogP contribution < -0.4 is 4.90 Å². The van der Waals surface area contributed by atoms with Gasteiger partial charge in [-0.15, -0.1) is 0 Å². The molecule has 0 aliphatic carbocycles. The summed E-state index contributed by atoms with van der Waals surface area (Å²) in [6.07, 6.45) is 0. The zero-order valence-corrected chi connectivity index (χ0v) is 17.1. The third-order valence-corrected chi connectivity index (χ3v) is 5.48. The fourth-order valence-corrected chi connectivity index (χ4v) is 3.65. The molecule has 0 bridgehead atoms. The van der Waals surface area contributed by atoms with Crippen molar-refractivity contribution in [3.8, 4) is 0 Å². The van der Waals surface area contributed by atoms with Crippen molar-refractivity contribution in [2.75, 3.05) is 37.6 Å². The van der Waals surface area contributed by atoms with E-state index in [-0.39, 0.29) is 11.7 Å². The van der Waals surface area contributed by atoms with E-state index in [0.29, 0.717) is 19.1 Å². The molecule has 5 heteroatoms. The molecule has 1 fully saturated rings. The minimum absolute atomic E-state index is 0.0847. The maximum absolute atomic E-state index is 13.1. The maximum Gasteiger partial charge on any atom is 0.253 e. The molecule has 0 N–H and O–H groups in total. The van der Waals surface area contributed by atoms with Crippen LogP contribution in [-0.4, -0.2) is 54.5 Å². The van der Waals surface area contributed by atoms with Gasteiger partial charge in [-0.1, -0.05) is 19.1 Å². The predicted molar refractivity (Wildman–Crippen MR) is 112 cm³/mol. The van der Waals surface area contributed by atoms with E-state index in [1.807, 2.05) is 17.0 Å². The molecule has 2 aromatic carbocycles. The van der Waals surface area contributed by atoms with Gasteiger partial charge in [-0.05, 0) is 62.4 Å². The van der Waals surface area contributed by atoms with Crippen LogP contribution in [0, 0.1) is 5.82 Å². The van der Waals surface area contributed by atoms with E-state index in [9.17, 15) is 9.18 Å². The Kier molecular flexibility index (Phi) is 6.68. The highest BCUT2D eigenvalue weighted by atomic mass is 19.1. The Labute approximate surface area is 167 Å². The van der Waals surface area contributed by atoms with Gasteiger partial charge in [-0.3, -0.25) is 9.69 Å². The number of nitrogens with zero attached hydrogens (tertiary/aromatic N) is 3. The Morgan fingerprint density at radius 3 is 2.14 bits per heavy atom. The van der Waals surface area contributed by atoms with Gasteiger partial charge in [0.2, 0.25) is 0 Å². The Morgan fingerprint density at radius 1 is 1.00 bits per heavy atom. The fraction of sp³-hybridized carbons (Fsp3) is 0.435. The normalized spacial score (nSPS) is 14.8. The van der Waals surface area contributed by atoms with Crippen molar-refractivity contribution in [2.24, 2.45) is 0 Å². The summed E-state index contributed by atoms with van der Waals surface area (Å²) in [5.41, 5.74) is 2.98. The number of rotatable bonds is 6. The zero-order valence-electron chi connectivity index (χ0n) is 17.1.